The Labute approximate surface area is 159 Å². The van der Waals surface area contributed by atoms with Crippen LogP contribution in [0.3, 0.4) is 0 Å². The van der Waals surface area contributed by atoms with E-state index in [0.29, 0.717) is 5.65 Å². The van der Waals surface area contributed by atoms with Crippen LogP contribution in [0.25, 0.3) is 27.8 Å². The lowest BCUT2D eigenvalue weighted by molar-refractivity contribution is -0.117. The van der Waals surface area contributed by atoms with E-state index in [4.69, 9.17) is 11.6 Å². The van der Waals surface area contributed by atoms with Crippen LogP contribution in [0.15, 0.2) is 24.5 Å². The summed E-state index contributed by atoms with van der Waals surface area (Å²) in [4.78, 5) is 16.0. The fourth-order valence-corrected chi connectivity index (χ4v) is 3.34. The molecule has 142 valence electrons. The summed E-state index contributed by atoms with van der Waals surface area (Å²) < 4.78 is 42.6. The van der Waals surface area contributed by atoms with Crippen molar-refractivity contribution in [2.75, 3.05) is 5.32 Å². The van der Waals surface area contributed by atoms with Crippen molar-refractivity contribution in [3.05, 3.63) is 41.2 Å². The van der Waals surface area contributed by atoms with Crippen molar-refractivity contribution in [2.45, 2.75) is 12.6 Å². The SMILES string of the molecule is O=C(Nc1cn2nc(-c3c(Cl)c(F)c(F)c4[nH]ncc34)ccc2n1)[C@@H]1C[C@@H]1F. The Balaban J connectivity index is 1.58. The van der Waals surface area contributed by atoms with Crippen LogP contribution in [0, 0.1) is 17.6 Å². The van der Waals surface area contributed by atoms with Crippen LogP contribution in [0.2, 0.25) is 5.02 Å². The molecular weight excluding hydrogens is 397 g/mol. The Hall–Kier alpha value is -3.14. The predicted molar refractivity (Wildman–Crippen MR) is 94.6 cm³/mol. The summed E-state index contributed by atoms with van der Waals surface area (Å²) in [6, 6.07) is 3.12. The van der Waals surface area contributed by atoms with Crippen LogP contribution >= 0.6 is 11.6 Å². The standard InChI is InChI=1S/C17H10ClF3N6O/c18-13-12(7-4-22-25-16(7)15(21)14(13)20)9-1-2-11-23-10(5-27(11)26-9)24-17(28)6-3-8(6)19/h1-2,4-6,8H,3H2,(H,22,25)(H,24,28)/t6-,8+/m1/s1. The van der Waals surface area contributed by atoms with Gasteiger partial charge in [-0.15, -0.1) is 0 Å². The number of rotatable bonds is 3. The van der Waals surface area contributed by atoms with Gasteiger partial charge in [-0.25, -0.2) is 22.7 Å². The third-order valence-electron chi connectivity index (χ3n) is 4.61. The molecule has 1 aliphatic carbocycles. The van der Waals surface area contributed by atoms with E-state index in [1.165, 1.54) is 23.0 Å². The third-order valence-corrected chi connectivity index (χ3v) is 4.96. The van der Waals surface area contributed by atoms with Gasteiger partial charge < -0.3 is 5.32 Å². The highest BCUT2D eigenvalue weighted by atomic mass is 35.5. The Morgan fingerprint density at radius 2 is 2.11 bits per heavy atom. The molecule has 5 rings (SSSR count). The smallest absolute Gasteiger partial charge is 0.231 e. The molecule has 0 saturated heterocycles. The van der Waals surface area contributed by atoms with Gasteiger partial charge in [-0.3, -0.25) is 9.89 Å². The predicted octanol–water partition coefficient (Wildman–Crippen LogP) is 3.50. The molecule has 0 spiro atoms. The lowest BCUT2D eigenvalue weighted by Gasteiger charge is -2.08. The Bertz CT molecular complexity index is 1270. The zero-order chi connectivity index (χ0) is 19.6. The van der Waals surface area contributed by atoms with Gasteiger partial charge in [0.15, 0.2) is 23.1 Å². The third kappa shape index (κ3) is 2.52. The summed E-state index contributed by atoms with van der Waals surface area (Å²) in [5, 5.41) is 12.9. The van der Waals surface area contributed by atoms with E-state index in [1.807, 2.05) is 0 Å². The van der Waals surface area contributed by atoms with E-state index >= 15 is 0 Å². The van der Waals surface area contributed by atoms with Crippen molar-refractivity contribution in [1.29, 1.82) is 0 Å². The number of hydrogen-bond acceptors (Lipinski definition) is 4. The first kappa shape index (κ1) is 17.0. The first-order chi connectivity index (χ1) is 13.4. The maximum Gasteiger partial charge on any atom is 0.231 e. The number of imidazole rings is 1. The molecule has 1 amide bonds. The number of nitrogens with zero attached hydrogens (tertiary/aromatic N) is 4. The number of nitrogens with one attached hydrogen (secondary N) is 2. The van der Waals surface area contributed by atoms with Crippen molar-refractivity contribution < 1.29 is 18.0 Å². The number of amides is 1. The molecule has 3 heterocycles. The summed E-state index contributed by atoms with van der Waals surface area (Å²) in [7, 11) is 0. The van der Waals surface area contributed by atoms with Crippen LogP contribution in [0.1, 0.15) is 6.42 Å². The number of benzene rings is 1. The zero-order valence-corrected chi connectivity index (χ0v) is 14.6. The topological polar surface area (TPSA) is 88.0 Å². The maximum atomic E-state index is 14.2. The summed E-state index contributed by atoms with van der Waals surface area (Å²) in [6.07, 6.45) is 1.85. The Morgan fingerprint density at radius 3 is 2.86 bits per heavy atom. The van der Waals surface area contributed by atoms with Crippen molar-refractivity contribution in [2.24, 2.45) is 5.92 Å². The maximum absolute atomic E-state index is 14.2. The minimum absolute atomic E-state index is 0.123. The van der Waals surface area contributed by atoms with E-state index in [-0.39, 0.29) is 34.4 Å². The minimum Gasteiger partial charge on any atom is -0.309 e. The number of anilines is 1. The summed E-state index contributed by atoms with van der Waals surface area (Å²) in [5.74, 6) is -3.22. The quantitative estimate of drug-likeness (QED) is 0.510. The largest absolute Gasteiger partial charge is 0.309 e. The van der Waals surface area contributed by atoms with Crippen molar-refractivity contribution in [1.82, 2.24) is 24.8 Å². The molecule has 1 fully saturated rings. The molecule has 2 N–H and O–H groups in total. The number of hydrogen-bond donors (Lipinski definition) is 2. The lowest BCUT2D eigenvalue weighted by Crippen LogP contribution is -2.15. The van der Waals surface area contributed by atoms with Crippen LogP contribution < -0.4 is 5.32 Å². The van der Waals surface area contributed by atoms with Gasteiger partial charge in [-0.1, -0.05) is 11.6 Å². The fraction of sp³-hybridized carbons (Fsp3) is 0.176. The molecule has 0 unspecified atom stereocenters. The molecule has 7 nitrogen and oxygen atoms in total. The normalized spacial score (nSPS) is 18.7. The zero-order valence-electron chi connectivity index (χ0n) is 13.9. The molecule has 28 heavy (non-hydrogen) atoms. The first-order valence-corrected chi connectivity index (χ1v) is 8.63. The van der Waals surface area contributed by atoms with E-state index in [2.05, 4.69) is 25.6 Å². The molecule has 1 aromatic carbocycles. The number of aromatic nitrogens is 5. The van der Waals surface area contributed by atoms with Gasteiger partial charge in [0, 0.05) is 10.9 Å². The lowest BCUT2D eigenvalue weighted by atomic mass is 10.1. The number of alkyl halides is 1. The van der Waals surface area contributed by atoms with E-state index in [9.17, 15) is 18.0 Å². The molecule has 1 saturated carbocycles. The highest BCUT2D eigenvalue weighted by molar-refractivity contribution is 6.35. The van der Waals surface area contributed by atoms with Crippen molar-refractivity contribution in [3.8, 4) is 11.3 Å². The molecule has 0 radical (unpaired) electrons. The monoisotopic (exact) mass is 406 g/mol. The first-order valence-electron chi connectivity index (χ1n) is 8.25. The van der Waals surface area contributed by atoms with E-state index < -0.39 is 34.7 Å². The van der Waals surface area contributed by atoms with Crippen molar-refractivity contribution in [3.63, 3.8) is 0 Å². The van der Waals surface area contributed by atoms with Gasteiger partial charge in [-0.05, 0) is 18.6 Å². The second kappa shape index (κ2) is 5.93. The van der Waals surface area contributed by atoms with Gasteiger partial charge in [0.25, 0.3) is 0 Å². The number of carbonyl (C=O) groups is 1. The summed E-state index contributed by atoms with van der Waals surface area (Å²) >= 11 is 6.04. The van der Waals surface area contributed by atoms with Crippen LogP contribution in [-0.4, -0.2) is 36.9 Å². The number of carbonyl (C=O) groups excluding carboxylic acids is 1. The molecule has 0 bridgehead atoms. The molecule has 1 aliphatic rings. The van der Waals surface area contributed by atoms with Gasteiger partial charge in [0.2, 0.25) is 5.91 Å². The van der Waals surface area contributed by atoms with Crippen LogP contribution in [0.5, 0.6) is 0 Å². The Morgan fingerprint density at radius 1 is 1.32 bits per heavy atom. The number of aromatic amines is 1. The van der Waals surface area contributed by atoms with Gasteiger partial charge in [0.05, 0.1) is 29.0 Å². The van der Waals surface area contributed by atoms with Gasteiger partial charge in [-0.2, -0.15) is 10.2 Å². The molecule has 4 aromatic rings. The van der Waals surface area contributed by atoms with Crippen LogP contribution in [0.4, 0.5) is 19.0 Å². The Kier molecular flexibility index (Phi) is 3.60. The average Bonchev–Trinajstić information content (AvgIpc) is 3.06. The highest BCUT2D eigenvalue weighted by Crippen LogP contribution is 2.38. The molecule has 0 aliphatic heterocycles. The van der Waals surface area contributed by atoms with Crippen molar-refractivity contribution >= 4 is 39.9 Å². The second-order valence-electron chi connectivity index (χ2n) is 6.47. The minimum atomic E-state index is -1.21. The number of halogens is 4. The molecule has 2 atom stereocenters. The molecule has 3 aromatic heterocycles. The summed E-state index contributed by atoms with van der Waals surface area (Å²) in [6.45, 7) is 0. The van der Waals surface area contributed by atoms with Crippen LogP contribution in [-0.2, 0) is 4.79 Å². The molecule has 11 heteroatoms. The number of fused-ring (bicyclic) bond motifs is 2. The summed E-state index contributed by atoms with van der Waals surface area (Å²) in [5.41, 5.74) is 0.698. The van der Waals surface area contributed by atoms with Gasteiger partial charge in [0.1, 0.15) is 11.7 Å². The van der Waals surface area contributed by atoms with E-state index in [0.717, 1.165) is 0 Å². The number of H-pyrrole nitrogens is 1. The fourth-order valence-electron chi connectivity index (χ4n) is 3.06. The average molecular weight is 407 g/mol. The van der Waals surface area contributed by atoms with Gasteiger partial charge >= 0.3 is 0 Å². The van der Waals surface area contributed by atoms with E-state index in [1.54, 1.807) is 6.07 Å². The second-order valence-corrected chi connectivity index (χ2v) is 6.85. The molecular formula is C17H10ClF3N6O. The highest BCUT2D eigenvalue weighted by Gasteiger charge is 2.43.